The van der Waals surface area contributed by atoms with Crippen LogP contribution in [0.4, 0.5) is 17.1 Å². The SMILES string of the molecule is c1ccc(-c2ccc(-c3ccc(N(c4ccc(-c5cccc6c5oc5c6ccc6ccc7cc(-c8ccccc8)ccc7c65)cc4)c4cc(-c5ccccc5)cc(-c5ccccc5)c4)cc3)cc2)cc1. The highest BCUT2D eigenvalue weighted by Crippen LogP contribution is 2.44. The molecule has 13 aromatic rings. The number of rotatable bonds is 9. The summed E-state index contributed by atoms with van der Waals surface area (Å²) in [5, 5.41) is 6.92. The van der Waals surface area contributed by atoms with Crippen molar-refractivity contribution in [3.8, 4) is 66.8 Å². The predicted molar refractivity (Wildman–Crippen MR) is 296 cm³/mol. The quantitative estimate of drug-likeness (QED) is 0.134. The summed E-state index contributed by atoms with van der Waals surface area (Å²) in [6.45, 7) is 0. The van der Waals surface area contributed by atoms with Gasteiger partial charge in [0, 0.05) is 38.8 Å². The van der Waals surface area contributed by atoms with Crippen LogP contribution in [0, 0.1) is 0 Å². The molecule has 2 heteroatoms. The lowest BCUT2D eigenvalue weighted by Gasteiger charge is -2.27. The third-order valence-corrected chi connectivity index (χ3v) is 13.8. The molecule has 0 bridgehead atoms. The Morgan fingerprint density at radius 2 is 0.643 bits per heavy atom. The van der Waals surface area contributed by atoms with Crippen LogP contribution in [0.3, 0.4) is 0 Å². The number of nitrogens with zero attached hydrogens (tertiary/aromatic N) is 1. The lowest BCUT2D eigenvalue weighted by atomic mass is 9.96. The molecule has 0 aliphatic heterocycles. The second-order valence-corrected chi connectivity index (χ2v) is 18.1. The van der Waals surface area contributed by atoms with E-state index in [9.17, 15) is 0 Å². The molecule has 2 nitrogen and oxygen atoms in total. The van der Waals surface area contributed by atoms with Crippen molar-refractivity contribution in [3.63, 3.8) is 0 Å². The molecule has 0 spiro atoms. The molecule has 0 radical (unpaired) electrons. The topological polar surface area (TPSA) is 16.4 Å². The summed E-state index contributed by atoms with van der Waals surface area (Å²) in [5.74, 6) is 0. The van der Waals surface area contributed by atoms with Gasteiger partial charge in [-0.15, -0.1) is 0 Å². The van der Waals surface area contributed by atoms with E-state index in [1.54, 1.807) is 0 Å². The normalized spacial score (nSPS) is 11.4. The van der Waals surface area contributed by atoms with Crippen molar-refractivity contribution in [2.24, 2.45) is 0 Å². The average Bonchev–Trinajstić information content (AvgIpc) is 3.84. The Labute approximate surface area is 407 Å². The number of hydrogen-bond acceptors (Lipinski definition) is 2. The Morgan fingerprint density at radius 1 is 0.229 bits per heavy atom. The number of fused-ring (bicyclic) bond motifs is 7. The second kappa shape index (κ2) is 17.4. The van der Waals surface area contributed by atoms with E-state index < -0.39 is 0 Å². The van der Waals surface area contributed by atoms with Gasteiger partial charge in [0.2, 0.25) is 0 Å². The summed E-state index contributed by atoms with van der Waals surface area (Å²) in [6, 6.07) is 98.5. The van der Waals surface area contributed by atoms with E-state index in [1.807, 2.05) is 0 Å². The molecule has 0 saturated carbocycles. The lowest BCUT2D eigenvalue weighted by molar-refractivity contribution is 0.674. The average molecular weight is 892 g/mol. The summed E-state index contributed by atoms with van der Waals surface area (Å²) < 4.78 is 7.07. The molecule has 70 heavy (non-hydrogen) atoms. The molecule has 0 amide bonds. The number of anilines is 3. The van der Waals surface area contributed by atoms with Gasteiger partial charge in [0.1, 0.15) is 11.2 Å². The van der Waals surface area contributed by atoms with Crippen molar-refractivity contribution in [1.82, 2.24) is 0 Å². The van der Waals surface area contributed by atoms with Gasteiger partial charge in [-0.05, 0) is 132 Å². The number of benzene rings is 12. The zero-order valence-corrected chi connectivity index (χ0v) is 38.3. The summed E-state index contributed by atoms with van der Waals surface area (Å²) in [7, 11) is 0. The van der Waals surface area contributed by atoms with Crippen LogP contribution in [0.5, 0.6) is 0 Å². The van der Waals surface area contributed by atoms with Crippen molar-refractivity contribution < 1.29 is 4.42 Å². The first kappa shape index (κ1) is 41.0. The maximum Gasteiger partial charge on any atom is 0.143 e. The molecule has 12 aromatic carbocycles. The molecule has 0 fully saturated rings. The van der Waals surface area contributed by atoms with Gasteiger partial charge in [-0.1, -0.05) is 218 Å². The van der Waals surface area contributed by atoms with Gasteiger partial charge in [0.05, 0.1) is 0 Å². The number of hydrogen-bond donors (Lipinski definition) is 0. The van der Waals surface area contributed by atoms with Gasteiger partial charge in [-0.2, -0.15) is 0 Å². The summed E-state index contributed by atoms with van der Waals surface area (Å²) in [6.07, 6.45) is 0. The van der Waals surface area contributed by atoms with Crippen molar-refractivity contribution >= 4 is 60.5 Å². The maximum atomic E-state index is 7.07. The molecule has 1 heterocycles. The van der Waals surface area contributed by atoms with Gasteiger partial charge in [-0.25, -0.2) is 0 Å². The Balaban J connectivity index is 0.919. The first-order chi connectivity index (χ1) is 34.7. The summed E-state index contributed by atoms with van der Waals surface area (Å²) in [4.78, 5) is 2.38. The molecule has 0 atom stereocenters. The van der Waals surface area contributed by atoms with E-state index in [-0.39, 0.29) is 0 Å². The maximum absolute atomic E-state index is 7.07. The number of para-hydroxylation sites is 1. The van der Waals surface area contributed by atoms with Crippen LogP contribution in [-0.4, -0.2) is 0 Å². The minimum Gasteiger partial charge on any atom is -0.455 e. The summed E-state index contributed by atoms with van der Waals surface area (Å²) in [5.41, 5.74) is 19.0. The van der Waals surface area contributed by atoms with Crippen molar-refractivity contribution in [1.29, 1.82) is 0 Å². The van der Waals surface area contributed by atoms with E-state index in [4.69, 9.17) is 4.42 Å². The molecule has 0 N–H and O–H groups in total. The van der Waals surface area contributed by atoms with E-state index in [2.05, 4.69) is 278 Å². The van der Waals surface area contributed by atoms with Crippen LogP contribution in [0.15, 0.2) is 277 Å². The fourth-order valence-corrected chi connectivity index (χ4v) is 10.3. The van der Waals surface area contributed by atoms with Crippen LogP contribution in [0.25, 0.3) is 110 Å². The summed E-state index contributed by atoms with van der Waals surface area (Å²) >= 11 is 0. The Bertz CT molecular complexity index is 3930. The standard InChI is InChI=1S/C68H45NO/c1-5-14-46(15-6-1)50-24-26-51(27-25-50)52-30-36-59(37-31-52)69(61-44-57(48-18-9-3-10-19-48)43-58(45-61)49-20-11-4-12-21-49)60-38-32-53(33-39-60)63-22-13-23-64-65-41-34-54-28-29-56-42-55(47-16-7-2-8-17-47)35-40-62(56)66(54)68(65)70-67(63)64/h1-45H. The molecular weight excluding hydrogens is 847 g/mol. The van der Waals surface area contributed by atoms with Gasteiger partial charge in [0.25, 0.3) is 0 Å². The minimum atomic E-state index is 0.892. The molecule has 0 aliphatic carbocycles. The van der Waals surface area contributed by atoms with Crippen molar-refractivity contribution in [3.05, 3.63) is 273 Å². The molecule has 0 aliphatic rings. The van der Waals surface area contributed by atoms with Crippen molar-refractivity contribution in [2.75, 3.05) is 4.90 Å². The monoisotopic (exact) mass is 891 g/mol. The molecule has 328 valence electrons. The molecule has 1 aromatic heterocycles. The lowest BCUT2D eigenvalue weighted by Crippen LogP contribution is -2.10. The molecular formula is C68H45NO. The highest BCUT2D eigenvalue weighted by Gasteiger charge is 2.19. The highest BCUT2D eigenvalue weighted by molar-refractivity contribution is 6.24. The van der Waals surface area contributed by atoms with Gasteiger partial charge in [0.15, 0.2) is 0 Å². The van der Waals surface area contributed by atoms with Crippen LogP contribution >= 0.6 is 0 Å². The Hall–Kier alpha value is -9.24. The molecule has 0 saturated heterocycles. The van der Waals surface area contributed by atoms with Crippen LogP contribution in [-0.2, 0) is 0 Å². The van der Waals surface area contributed by atoms with Gasteiger partial charge in [-0.3, -0.25) is 0 Å². The number of furan rings is 1. The fraction of sp³-hybridized carbons (Fsp3) is 0. The third-order valence-electron chi connectivity index (χ3n) is 13.8. The smallest absolute Gasteiger partial charge is 0.143 e. The fourth-order valence-electron chi connectivity index (χ4n) is 10.3. The molecule has 0 unspecified atom stereocenters. The first-order valence-corrected chi connectivity index (χ1v) is 24.0. The van der Waals surface area contributed by atoms with Crippen molar-refractivity contribution in [2.45, 2.75) is 0 Å². The van der Waals surface area contributed by atoms with Gasteiger partial charge < -0.3 is 9.32 Å². The van der Waals surface area contributed by atoms with E-state index >= 15 is 0 Å². The Morgan fingerprint density at radius 3 is 1.20 bits per heavy atom. The molecule has 13 rings (SSSR count). The van der Waals surface area contributed by atoms with E-state index in [0.717, 1.165) is 66.6 Å². The van der Waals surface area contributed by atoms with Crippen LogP contribution in [0.1, 0.15) is 0 Å². The Kier molecular flexibility index (Phi) is 10.2. The first-order valence-electron chi connectivity index (χ1n) is 24.0. The largest absolute Gasteiger partial charge is 0.455 e. The van der Waals surface area contributed by atoms with Crippen LogP contribution in [0.2, 0.25) is 0 Å². The van der Waals surface area contributed by atoms with E-state index in [1.165, 1.54) is 60.7 Å². The zero-order valence-electron chi connectivity index (χ0n) is 38.3. The minimum absolute atomic E-state index is 0.892. The second-order valence-electron chi connectivity index (χ2n) is 18.1. The van der Waals surface area contributed by atoms with Gasteiger partial charge >= 0.3 is 0 Å². The van der Waals surface area contributed by atoms with E-state index in [0.29, 0.717) is 0 Å². The highest BCUT2D eigenvalue weighted by atomic mass is 16.3. The van der Waals surface area contributed by atoms with Crippen LogP contribution < -0.4 is 4.90 Å². The zero-order chi connectivity index (χ0) is 46.4. The third kappa shape index (κ3) is 7.49. The predicted octanol–water partition coefficient (Wildman–Crippen LogP) is 19.4.